The fraction of sp³-hybridized carbons (Fsp3) is 0.200. The maximum Gasteiger partial charge on any atom is 0.338 e. The topological polar surface area (TPSA) is 94.3 Å². The molecule has 0 radical (unpaired) electrons. The first kappa shape index (κ1) is 19.6. The van der Waals surface area contributed by atoms with E-state index in [2.05, 4.69) is 15.5 Å². The molecule has 0 atom stereocenters. The van der Waals surface area contributed by atoms with Gasteiger partial charge in [0.15, 0.2) is 0 Å². The van der Waals surface area contributed by atoms with Gasteiger partial charge in [-0.05, 0) is 43.3 Å². The number of benzene rings is 2. The Balaban J connectivity index is 1.54. The molecule has 2 aromatic carbocycles. The first-order valence-electron chi connectivity index (χ1n) is 8.71. The van der Waals surface area contributed by atoms with Crippen molar-refractivity contribution in [2.45, 2.75) is 19.8 Å². The van der Waals surface area contributed by atoms with Crippen LogP contribution in [0.4, 0.5) is 5.69 Å². The average molecular weight is 400 g/mol. The number of aromatic nitrogens is 2. The Kier molecular flexibility index (Phi) is 6.39. The molecule has 0 unspecified atom stereocenters. The normalized spacial score (nSPS) is 10.5. The van der Waals surface area contributed by atoms with Crippen LogP contribution in [0.5, 0.6) is 0 Å². The molecule has 1 amide bonds. The van der Waals surface area contributed by atoms with Crippen LogP contribution in [0.25, 0.3) is 11.5 Å². The summed E-state index contributed by atoms with van der Waals surface area (Å²) in [5.74, 6) is 0.0609. The summed E-state index contributed by atoms with van der Waals surface area (Å²) in [4.78, 5) is 23.7. The molecule has 1 N–H and O–H groups in total. The predicted octanol–water partition coefficient (Wildman–Crippen LogP) is 4.14. The summed E-state index contributed by atoms with van der Waals surface area (Å²) in [5, 5.41) is 11.2. The van der Waals surface area contributed by atoms with Crippen molar-refractivity contribution < 1.29 is 18.7 Å². The molecular weight excluding hydrogens is 382 g/mol. The number of nitrogens with one attached hydrogen (secondary N) is 1. The lowest BCUT2D eigenvalue weighted by molar-refractivity contribution is -0.116. The zero-order valence-corrected chi connectivity index (χ0v) is 15.9. The van der Waals surface area contributed by atoms with Gasteiger partial charge in [0.1, 0.15) is 0 Å². The molecule has 0 aliphatic rings. The van der Waals surface area contributed by atoms with Gasteiger partial charge in [-0.3, -0.25) is 4.79 Å². The van der Waals surface area contributed by atoms with E-state index >= 15 is 0 Å². The van der Waals surface area contributed by atoms with Crippen molar-refractivity contribution in [3.63, 3.8) is 0 Å². The molecule has 0 bridgehead atoms. The minimum absolute atomic E-state index is 0.170. The number of aryl methyl sites for hydroxylation is 1. The second kappa shape index (κ2) is 9.14. The van der Waals surface area contributed by atoms with Gasteiger partial charge in [-0.2, -0.15) is 0 Å². The standard InChI is InChI=1S/C20H18ClN3O4/c1-2-27-20(26)13-7-9-14(10-8-13)22-17(25)11-12-18-23-24-19(28-18)15-5-3-4-6-16(15)21/h3-10H,2,11-12H2,1H3,(H,22,25). The summed E-state index contributed by atoms with van der Waals surface area (Å²) < 4.78 is 10.5. The Morgan fingerprint density at radius 3 is 2.57 bits per heavy atom. The summed E-state index contributed by atoms with van der Waals surface area (Å²) >= 11 is 6.11. The number of carbonyl (C=O) groups is 2. The number of rotatable bonds is 7. The number of nitrogens with zero attached hydrogens (tertiary/aromatic N) is 2. The Morgan fingerprint density at radius 2 is 1.86 bits per heavy atom. The number of ether oxygens (including phenoxy) is 1. The molecule has 0 saturated carbocycles. The Labute approximate surface area is 166 Å². The number of carbonyl (C=O) groups excluding carboxylic acids is 2. The van der Waals surface area contributed by atoms with E-state index in [1.807, 2.05) is 12.1 Å². The lowest BCUT2D eigenvalue weighted by Crippen LogP contribution is -2.12. The van der Waals surface area contributed by atoms with Crippen molar-refractivity contribution in [2.24, 2.45) is 0 Å². The summed E-state index contributed by atoms with van der Waals surface area (Å²) in [5.41, 5.74) is 1.66. The van der Waals surface area contributed by atoms with E-state index in [1.165, 1.54) is 0 Å². The van der Waals surface area contributed by atoms with Gasteiger partial charge in [-0.25, -0.2) is 4.79 Å². The van der Waals surface area contributed by atoms with Gasteiger partial charge in [0.2, 0.25) is 17.7 Å². The highest BCUT2D eigenvalue weighted by molar-refractivity contribution is 6.33. The molecule has 8 heteroatoms. The van der Waals surface area contributed by atoms with E-state index in [9.17, 15) is 9.59 Å². The lowest BCUT2D eigenvalue weighted by Gasteiger charge is -2.06. The second-order valence-corrected chi connectivity index (χ2v) is 6.23. The van der Waals surface area contributed by atoms with Crippen LogP contribution >= 0.6 is 11.6 Å². The van der Waals surface area contributed by atoms with Crippen molar-refractivity contribution in [1.29, 1.82) is 0 Å². The summed E-state index contributed by atoms with van der Waals surface area (Å²) in [7, 11) is 0. The van der Waals surface area contributed by atoms with Crippen LogP contribution in [-0.2, 0) is 16.0 Å². The number of anilines is 1. The van der Waals surface area contributed by atoms with Gasteiger partial charge in [0, 0.05) is 18.5 Å². The molecular formula is C20H18ClN3O4. The van der Waals surface area contributed by atoms with Crippen LogP contribution in [-0.4, -0.2) is 28.7 Å². The van der Waals surface area contributed by atoms with Crippen LogP contribution in [0.3, 0.4) is 0 Å². The molecule has 0 spiro atoms. The van der Waals surface area contributed by atoms with Crippen LogP contribution < -0.4 is 5.32 Å². The zero-order chi connectivity index (χ0) is 19.9. The third-order valence-electron chi connectivity index (χ3n) is 3.82. The van der Waals surface area contributed by atoms with Gasteiger partial charge in [-0.15, -0.1) is 10.2 Å². The van der Waals surface area contributed by atoms with E-state index < -0.39 is 5.97 Å². The minimum atomic E-state index is -0.397. The van der Waals surface area contributed by atoms with Crippen molar-refractivity contribution in [2.75, 3.05) is 11.9 Å². The highest BCUT2D eigenvalue weighted by Gasteiger charge is 2.13. The van der Waals surface area contributed by atoms with E-state index in [1.54, 1.807) is 43.3 Å². The molecule has 7 nitrogen and oxygen atoms in total. The maximum atomic E-state index is 12.1. The Hall–Kier alpha value is -3.19. The molecule has 3 rings (SSSR count). The van der Waals surface area contributed by atoms with Gasteiger partial charge < -0.3 is 14.5 Å². The molecule has 0 fully saturated rings. The molecule has 0 saturated heterocycles. The van der Waals surface area contributed by atoms with Gasteiger partial charge in [0.05, 0.1) is 22.8 Å². The predicted molar refractivity (Wildman–Crippen MR) is 104 cm³/mol. The van der Waals surface area contributed by atoms with Crippen molar-refractivity contribution in [3.8, 4) is 11.5 Å². The van der Waals surface area contributed by atoms with E-state index in [4.69, 9.17) is 20.8 Å². The van der Waals surface area contributed by atoms with E-state index in [0.717, 1.165) is 0 Å². The minimum Gasteiger partial charge on any atom is -0.462 e. The van der Waals surface area contributed by atoms with Crippen LogP contribution in [0.15, 0.2) is 52.9 Å². The van der Waals surface area contributed by atoms with Crippen LogP contribution in [0.1, 0.15) is 29.6 Å². The van der Waals surface area contributed by atoms with E-state index in [-0.39, 0.29) is 12.3 Å². The Morgan fingerprint density at radius 1 is 1.11 bits per heavy atom. The number of halogens is 1. The summed E-state index contributed by atoms with van der Waals surface area (Å²) in [6, 6.07) is 13.6. The van der Waals surface area contributed by atoms with Crippen molar-refractivity contribution >= 4 is 29.2 Å². The monoisotopic (exact) mass is 399 g/mol. The molecule has 1 heterocycles. The van der Waals surface area contributed by atoms with Crippen molar-refractivity contribution in [3.05, 3.63) is 65.0 Å². The van der Waals surface area contributed by atoms with Gasteiger partial charge >= 0.3 is 5.97 Å². The Bertz CT molecular complexity index is 970. The fourth-order valence-electron chi connectivity index (χ4n) is 2.45. The van der Waals surface area contributed by atoms with Gasteiger partial charge in [0.25, 0.3) is 0 Å². The van der Waals surface area contributed by atoms with Crippen LogP contribution in [0.2, 0.25) is 5.02 Å². The van der Waals surface area contributed by atoms with Crippen molar-refractivity contribution in [1.82, 2.24) is 10.2 Å². The molecule has 1 aromatic heterocycles. The zero-order valence-electron chi connectivity index (χ0n) is 15.1. The number of hydrogen-bond acceptors (Lipinski definition) is 6. The first-order valence-corrected chi connectivity index (χ1v) is 9.09. The maximum absolute atomic E-state index is 12.1. The molecule has 3 aromatic rings. The molecule has 144 valence electrons. The largest absolute Gasteiger partial charge is 0.462 e. The first-order chi connectivity index (χ1) is 13.6. The third-order valence-corrected chi connectivity index (χ3v) is 4.15. The molecule has 0 aliphatic carbocycles. The smallest absolute Gasteiger partial charge is 0.338 e. The van der Waals surface area contributed by atoms with E-state index in [0.29, 0.717) is 46.6 Å². The SMILES string of the molecule is CCOC(=O)c1ccc(NC(=O)CCc2nnc(-c3ccccc3Cl)o2)cc1. The quantitative estimate of drug-likeness (QED) is 0.600. The molecule has 28 heavy (non-hydrogen) atoms. The van der Waals surface area contributed by atoms with Crippen LogP contribution in [0, 0.1) is 0 Å². The highest BCUT2D eigenvalue weighted by Crippen LogP contribution is 2.26. The summed E-state index contributed by atoms with van der Waals surface area (Å²) in [6.45, 7) is 2.05. The number of hydrogen-bond donors (Lipinski definition) is 1. The average Bonchev–Trinajstić information content (AvgIpc) is 3.16. The number of esters is 1. The summed E-state index contributed by atoms with van der Waals surface area (Å²) in [6.07, 6.45) is 0.466. The fourth-order valence-corrected chi connectivity index (χ4v) is 2.66. The third kappa shape index (κ3) is 4.95. The lowest BCUT2D eigenvalue weighted by atomic mass is 10.2. The molecule has 0 aliphatic heterocycles. The second-order valence-electron chi connectivity index (χ2n) is 5.83. The highest BCUT2D eigenvalue weighted by atomic mass is 35.5. The number of amides is 1. The van der Waals surface area contributed by atoms with Gasteiger partial charge in [-0.1, -0.05) is 23.7 Å².